The summed E-state index contributed by atoms with van der Waals surface area (Å²) in [6, 6.07) is 7.51. The van der Waals surface area contributed by atoms with Gasteiger partial charge in [-0.25, -0.2) is 0 Å². The normalized spacial score (nSPS) is 13.9. The molecule has 0 radical (unpaired) electrons. The van der Waals surface area contributed by atoms with Gasteiger partial charge in [0.05, 0.1) is 6.61 Å². The maximum atomic E-state index is 9.62. The number of hydrogen-bond donors (Lipinski definition) is 3. The van der Waals surface area contributed by atoms with Gasteiger partial charge in [0, 0.05) is 5.54 Å². The molecule has 0 fully saturated rings. The summed E-state index contributed by atoms with van der Waals surface area (Å²) in [4.78, 5) is 0. The Kier molecular flexibility index (Phi) is 3.85. The van der Waals surface area contributed by atoms with Crippen LogP contribution in [-0.4, -0.2) is 22.4 Å². The van der Waals surface area contributed by atoms with E-state index in [-0.39, 0.29) is 12.1 Å². The van der Waals surface area contributed by atoms with E-state index in [0.717, 1.165) is 11.1 Å². The summed E-state index contributed by atoms with van der Waals surface area (Å²) < 4.78 is 0. The molecule has 0 bridgehead atoms. The first-order valence-corrected chi connectivity index (χ1v) is 5.09. The zero-order valence-electron chi connectivity index (χ0n) is 9.27. The number of rotatable bonds is 4. The molecule has 3 heteroatoms. The lowest BCUT2D eigenvalue weighted by Crippen LogP contribution is -2.35. The van der Waals surface area contributed by atoms with Crippen molar-refractivity contribution in [2.45, 2.75) is 31.9 Å². The largest absolute Gasteiger partial charge is 0.393 e. The van der Waals surface area contributed by atoms with Crippen LogP contribution in [0.5, 0.6) is 0 Å². The number of hydrogen-bond acceptors (Lipinski definition) is 3. The van der Waals surface area contributed by atoms with Crippen molar-refractivity contribution in [3.05, 3.63) is 35.4 Å². The molecule has 1 rings (SSSR count). The third kappa shape index (κ3) is 3.63. The van der Waals surface area contributed by atoms with Gasteiger partial charge < -0.3 is 15.9 Å². The molecular weight excluding hydrogens is 190 g/mol. The molecule has 0 saturated carbocycles. The zero-order chi connectivity index (χ0) is 11.5. The summed E-state index contributed by atoms with van der Waals surface area (Å²) in [5.74, 6) is 0. The van der Waals surface area contributed by atoms with E-state index in [2.05, 4.69) is 0 Å². The minimum Gasteiger partial charge on any atom is -0.393 e. The molecule has 1 aromatic rings. The van der Waals surface area contributed by atoms with E-state index < -0.39 is 6.10 Å². The van der Waals surface area contributed by atoms with Gasteiger partial charge in [0.2, 0.25) is 0 Å². The van der Waals surface area contributed by atoms with Gasteiger partial charge in [-0.2, -0.15) is 0 Å². The molecule has 1 unspecified atom stereocenters. The Morgan fingerprint density at radius 3 is 2.47 bits per heavy atom. The highest BCUT2D eigenvalue weighted by atomic mass is 16.3. The third-order valence-corrected chi connectivity index (χ3v) is 2.23. The Hall–Kier alpha value is -0.900. The van der Waals surface area contributed by atoms with Gasteiger partial charge in [0.25, 0.3) is 0 Å². The standard InChI is InChI=1S/C12H19NO2/c1-12(2,13)7-9-5-3-4-6-10(9)11(15)8-14/h3-6,11,14-15H,7-8,13H2,1-2H3. The molecule has 3 nitrogen and oxygen atoms in total. The van der Waals surface area contributed by atoms with Gasteiger partial charge in [0.15, 0.2) is 0 Å². The third-order valence-electron chi connectivity index (χ3n) is 2.23. The minimum absolute atomic E-state index is 0.262. The molecule has 0 aliphatic heterocycles. The van der Waals surface area contributed by atoms with E-state index in [1.165, 1.54) is 0 Å². The summed E-state index contributed by atoms with van der Waals surface area (Å²) >= 11 is 0. The van der Waals surface area contributed by atoms with Crippen LogP contribution in [-0.2, 0) is 6.42 Å². The highest BCUT2D eigenvalue weighted by molar-refractivity contribution is 5.30. The van der Waals surface area contributed by atoms with Crippen LogP contribution in [0.2, 0.25) is 0 Å². The second kappa shape index (κ2) is 4.75. The Balaban J connectivity index is 2.96. The molecule has 0 saturated heterocycles. The number of nitrogens with two attached hydrogens (primary N) is 1. The maximum absolute atomic E-state index is 9.62. The lowest BCUT2D eigenvalue weighted by atomic mass is 9.91. The predicted molar refractivity (Wildman–Crippen MR) is 60.5 cm³/mol. The van der Waals surface area contributed by atoms with Gasteiger partial charge in [-0.05, 0) is 31.4 Å². The SMILES string of the molecule is CC(C)(N)Cc1ccccc1C(O)CO. The van der Waals surface area contributed by atoms with Crippen LogP contribution in [0.1, 0.15) is 31.1 Å². The van der Waals surface area contributed by atoms with E-state index in [9.17, 15) is 5.11 Å². The Morgan fingerprint density at radius 2 is 1.93 bits per heavy atom. The Morgan fingerprint density at radius 1 is 1.33 bits per heavy atom. The minimum atomic E-state index is -0.816. The predicted octanol–water partition coefficient (Wildman–Crippen LogP) is 0.992. The van der Waals surface area contributed by atoms with Crippen molar-refractivity contribution >= 4 is 0 Å². The monoisotopic (exact) mass is 209 g/mol. The van der Waals surface area contributed by atoms with Crippen LogP contribution in [0.15, 0.2) is 24.3 Å². The molecule has 0 aromatic heterocycles. The fourth-order valence-corrected chi connectivity index (χ4v) is 1.61. The molecule has 0 aliphatic rings. The van der Waals surface area contributed by atoms with E-state index in [0.29, 0.717) is 6.42 Å². The van der Waals surface area contributed by atoms with Crippen molar-refractivity contribution in [3.8, 4) is 0 Å². The van der Waals surface area contributed by atoms with Crippen molar-refractivity contribution in [3.63, 3.8) is 0 Å². The highest BCUT2D eigenvalue weighted by Gasteiger charge is 2.17. The molecule has 84 valence electrons. The summed E-state index contributed by atoms with van der Waals surface area (Å²) in [6.07, 6.45) is -0.135. The van der Waals surface area contributed by atoms with Crippen molar-refractivity contribution in [1.82, 2.24) is 0 Å². The molecule has 0 spiro atoms. The average Bonchev–Trinajstić information content (AvgIpc) is 2.15. The number of aliphatic hydroxyl groups is 2. The lowest BCUT2D eigenvalue weighted by Gasteiger charge is -2.21. The van der Waals surface area contributed by atoms with Gasteiger partial charge in [-0.15, -0.1) is 0 Å². The van der Waals surface area contributed by atoms with Crippen molar-refractivity contribution < 1.29 is 10.2 Å². The second-order valence-corrected chi connectivity index (χ2v) is 4.56. The summed E-state index contributed by atoms with van der Waals surface area (Å²) in [7, 11) is 0. The first-order chi connectivity index (χ1) is 6.94. The van der Waals surface area contributed by atoms with Gasteiger partial charge >= 0.3 is 0 Å². The van der Waals surface area contributed by atoms with E-state index in [1.54, 1.807) is 0 Å². The van der Waals surface area contributed by atoms with Gasteiger partial charge in [-0.3, -0.25) is 0 Å². The highest BCUT2D eigenvalue weighted by Crippen LogP contribution is 2.21. The average molecular weight is 209 g/mol. The fraction of sp³-hybridized carbons (Fsp3) is 0.500. The van der Waals surface area contributed by atoms with Crippen LogP contribution < -0.4 is 5.73 Å². The fourth-order valence-electron chi connectivity index (χ4n) is 1.61. The smallest absolute Gasteiger partial charge is 0.102 e. The van der Waals surface area contributed by atoms with Crippen molar-refractivity contribution in [2.24, 2.45) is 5.73 Å². The molecule has 15 heavy (non-hydrogen) atoms. The number of aliphatic hydroxyl groups excluding tert-OH is 2. The second-order valence-electron chi connectivity index (χ2n) is 4.56. The summed E-state index contributed by atoms with van der Waals surface area (Å²) in [6.45, 7) is 3.62. The van der Waals surface area contributed by atoms with Crippen LogP contribution >= 0.6 is 0 Å². The zero-order valence-corrected chi connectivity index (χ0v) is 9.27. The van der Waals surface area contributed by atoms with Crippen LogP contribution in [0, 0.1) is 0 Å². The molecular formula is C12H19NO2. The maximum Gasteiger partial charge on any atom is 0.102 e. The van der Waals surface area contributed by atoms with Crippen molar-refractivity contribution in [2.75, 3.05) is 6.61 Å². The molecule has 0 aliphatic carbocycles. The van der Waals surface area contributed by atoms with Crippen LogP contribution in [0.3, 0.4) is 0 Å². The Labute approximate surface area is 90.5 Å². The van der Waals surface area contributed by atoms with Crippen LogP contribution in [0.25, 0.3) is 0 Å². The summed E-state index contributed by atoms with van der Waals surface area (Å²) in [5, 5.41) is 18.5. The van der Waals surface area contributed by atoms with E-state index in [4.69, 9.17) is 10.8 Å². The summed E-state index contributed by atoms with van der Waals surface area (Å²) in [5.41, 5.74) is 7.37. The molecule has 0 amide bonds. The van der Waals surface area contributed by atoms with E-state index >= 15 is 0 Å². The Bertz CT molecular complexity index is 318. The van der Waals surface area contributed by atoms with Crippen molar-refractivity contribution in [1.29, 1.82) is 0 Å². The topological polar surface area (TPSA) is 66.5 Å². The molecule has 1 aromatic carbocycles. The molecule has 1 atom stereocenters. The first kappa shape index (κ1) is 12.2. The van der Waals surface area contributed by atoms with Crippen LogP contribution in [0.4, 0.5) is 0 Å². The van der Waals surface area contributed by atoms with Gasteiger partial charge in [-0.1, -0.05) is 24.3 Å². The molecule has 0 heterocycles. The van der Waals surface area contributed by atoms with Gasteiger partial charge in [0.1, 0.15) is 6.10 Å². The first-order valence-electron chi connectivity index (χ1n) is 5.09. The lowest BCUT2D eigenvalue weighted by molar-refractivity contribution is 0.0947. The number of benzene rings is 1. The quantitative estimate of drug-likeness (QED) is 0.693. The van der Waals surface area contributed by atoms with E-state index in [1.807, 2.05) is 38.1 Å². The molecule has 4 N–H and O–H groups in total.